The van der Waals surface area contributed by atoms with E-state index in [1.54, 1.807) is 0 Å². The van der Waals surface area contributed by atoms with Crippen LogP contribution in [0.5, 0.6) is 0 Å². The zero-order valence-electron chi connectivity index (χ0n) is 10.6. The van der Waals surface area contributed by atoms with Gasteiger partial charge in [0.1, 0.15) is 0 Å². The Balaban J connectivity index is 4.79. The number of esters is 2. The fourth-order valence-corrected chi connectivity index (χ4v) is 1.06. The highest BCUT2D eigenvalue weighted by molar-refractivity contribution is 6.69. The molecule has 0 unspecified atom stereocenters. The van der Waals surface area contributed by atoms with E-state index in [-0.39, 0.29) is 5.57 Å². The van der Waals surface area contributed by atoms with E-state index in [2.05, 4.69) is 14.6 Å². The monoisotopic (exact) mass is 259 g/mol. The van der Waals surface area contributed by atoms with Gasteiger partial charge < -0.3 is 14.0 Å². The van der Waals surface area contributed by atoms with Crippen molar-refractivity contribution in [3.63, 3.8) is 0 Å². The maximum atomic E-state index is 11.3. The molecule has 0 amide bonds. The lowest BCUT2D eigenvalue weighted by atomic mass is 10.3. The Hall–Kier alpha value is -1.63. The van der Waals surface area contributed by atoms with Crippen LogP contribution < -0.4 is 0 Å². The van der Waals surface area contributed by atoms with E-state index >= 15 is 0 Å². The number of hydrogen-bond acceptors (Lipinski definition) is 6. The third kappa shape index (κ3) is 7.29. The lowest BCUT2D eigenvalue weighted by molar-refractivity contribution is -0.138. The van der Waals surface area contributed by atoms with Gasteiger partial charge >= 0.3 is 11.9 Å². The van der Waals surface area contributed by atoms with Crippen LogP contribution in [0, 0.1) is 0 Å². The average Bonchev–Trinajstić information content (AvgIpc) is 2.24. The number of carbonyl (C=O) groups is 2. The standard InChI is InChI=1S/C10H17NO5Si/c1-14-9(12)6-8(10(13)15-2)7-11-16-17(3,4)5/h6-7H,1-5H3/b8-6-,11-7+. The molecule has 0 aromatic carbocycles. The second-order valence-corrected chi connectivity index (χ2v) is 8.46. The Labute approximate surface area is 101 Å². The SMILES string of the molecule is COC(=O)/C=C(/C=N/O[Si](C)(C)C)C(=O)OC. The van der Waals surface area contributed by atoms with Gasteiger partial charge in [0, 0.05) is 6.08 Å². The maximum Gasteiger partial charge on any atom is 0.339 e. The summed E-state index contributed by atoms with van der Waals surface area (Å²) in [5, 5.41) is 3.66. The number of hydrogen-bond donors (Lipinski definition) is 0. The van der Waals surface area contributed by atoms with Crippen molar-refractivity contribution in [1.82, 2.24) is 0 Å². The first-order valence-corrected chi connectivity index (χ1v) is 8.30. The predicted octanol–water partition coefficient (Wildman–Crippen LogP) is 1.10. The molecule has 0 radical (unpaired) electrons. The number of carbonyl (C=O) groups excluding carboxylic acids is 2. The molecule has 0 aliphatic carbocycles. The van der Waals surface area contributed by atoms with Crippen LogP contribution in [0.2, 0.25) is 19.6 Å². The van der Waals surface area contributed by atoms with Gasteiger partial charge in [-0.2, -0.15) is 0 Å². The summed E-state index contributed by atoms with van der Waals surface area (Å²) in [5.41, 5.74) is -0.0300. The molecule has 0 rings (SSSR count). The van der Waals surface area contributed by atoms with E-state index in [1.807, 2.05) is 19.6 Å². The van der Waals surface area contributed by atoms with Gasteiger partial charge in [0.25, 0.3) is 8.32 Å². The number of rotatable bonds is 5. The molecular formula is C10H17NO5Si. The molecule has 0 aromatic heterocycles. The minimum Gasteiger partial charge on any atom is -0.466 e. The Morgan fingerprint density at radius 3 is 2.12 bits per heavy atom. The quantitative estimate of drug-likeness (QED) is 0.243. The Kier molecular flexibility index (Phi) is 6.19. The van der Waals surface area contributed by atoms with Gasteiger partial charge in [-0.05, 0) is 19.6 Å². The van der Waals surface area contributed by atoms with Crippen molar-refractivity contribution in [3.05, 3.63) is 11.6 Å². The molecule has 96 valence electrons. The number of ether oxygens (including phenoxy) is 2. The molecule has 0 bridgehead atoms. The summed E-state index contributed by atoms with van der Waals surface area (Å²) in [5.74, 6) is -1.34. The first-order chi connectivity index (χ1) is 7.80. The Morgan fingerprint density at radius 2 is 1.71 bits per heavy atom. The van der Waals surface area contributed by atoms with E-state index in [9.17, 15) is 9.59 Å². The summed E-state index contributed by atoms with van der Waals surface area (Å²) in [6.45, 7) is 5.81. The van der Waals surface area contributed by atoms with Gasteiger partial charge in [0.15, 0.2) is 0 Å². The van der Waals surface area contributed by atoms with Crippen LogP contribution in [0.3, 0.4) is 0 Å². The van der Waals surface area contributed by atoms with Crippen molar-refractivity contribution in [3.8, 4) is 0 Å². The minimum absolute atomic E-state index is 0.0300. The van der Waals surface area contributed by atoms with Gasteiger partial charge in [-0.3, -0.25) is 0 Å². The summed E-state index contributed by atoms with van der Waals surface area (Å²) in [7, 11) is 0.610. The summed E-state index contributed by atoms with van der Waals surface area (Å²) in [6.07, 6.45) is 2.13. The van der Waals surface area contributed by atoms with Crippen molar-refractivity contribution >= 4 is 26.5 Å². The van der Waals surface area contributed by atoms with Crippen molar-refractivity contribution in [2.75, 3.05) is 14.2 Å². The highest BCUT2D eigenvalue weighted by Crippen LogP contribution is 2.03. The van der Waals surface area contributed by atoms with Crippen LogP contribution in [0.25, 0.3) is 0 Å². The van der Waals surface area contributed by atoms with Crippen molar-refractivity contribution in [2.45, 2.75) is 19.6 Å². The molecule has 0 atom stereocenters. The molecule has 0 aromatic rings. The molecular weight excluding hydrogens is 242 g/mol. The van der Waals surface area contributed by atoms with E-state index in [0.29, 0.717) is 0 Å². The van der Waals surface area contributed by atoms with Crippen LogP contribution in [-0.4, -0.2) is 40.7 Å². The zero-order chi connectivity index (χ0) is 13.5. The largest absolute Gasteiger partial charge is 0.466 e. The minimum atomic E-state index is -1.81. The van der Waals surface area contributed by atoms with Crippen LogP contribution in [0.1, 0.15) is 0 Å². The van der Waals surface area contributed by atoms with E-state index < -0.39 is 20.3 Å². The zero-order valence-corrected chi connectivity index (χ0v) is 11.6. The lowest BCUT2D eigenvalue weighted by Crippen LogP contribution is -2.22. The number of oxime groups is 1. The fourth-order valence-electron chi connectivity index (χ4n) is 0.694. The van der Waals surface area contributed by atoms with Crippen molar-refractivity contribution in [1.29, 1.82) is 0 Å². The van der Waals surface area contributed by atoms with Crippen LogP contribution >= 0.6 is 0 Å². The van der Waals surface area contributed by atoms with Crippen LogP contribution in [-0.2, 0) is 23.6 Å². The molecule has 0 heterocycles. The average molecular weight is 259 g/mol. The molecule has 7 heteroatoms. The summed E-state index contributed by atoms with van der Waals surface area (Å²) in [6, 6.07) is 0. The normalized spacial score (nSPS) is 12.4. The van der Waals surface area contributed by atoms with Gasteiger partial charge in [0.05, 0.1) is 26.0 Å². The molecule has 0 fully saturated rings. The van der Waals surface area contributed by atoms with Gasteiger partial charge in [-0.15, -0.1) is 5.16 Å². The van der Waals surface area contributed by atoms with Crippen LogP contribution in [0.15, 0.2) is 16.8 Å². The third-order valence-corrected chi connectivity index (χ3v) is 2.07. The smallest absolute Gasteiger partial charge is 0.339 e. The van der Waals surface area contributed by atoms with Crippen molar-refractivity contribution in [2.24, 2.45) is 5.16 Å². The second kappa shape index (κ2) is 6.84. The van der Waals surface area contributed by atoms with Crippen LogP contribution in [0.4, 0.5) is 0 Å². The summed E-state index contributed by atoms with van der Waals surface area (Å²) >= 11 is 0. The molecule has 0 saturated heterocycles. The molecule has 0 spiro atoms. The Morgan fingerprint density at radius 1 is 1.12 bits per heavy atom. The summed E-state index contributed by atoms with van der Waals surface area (Å²) < 4.78 is 14.1. The van der Waals surface area contributed by atoms with Gasteiger partial charge in [-0.1, -0.05) is 0 Å². The number of nitrogens with zero attached hydrogens (tertiary/aromatic N) is 1. The Bertz CT molecular complexity index is 343. The van der Waals surface area contributed by atoms with Crippen molar-refractivity contribution < 1.29 is 23.6 Å². The molecule has 0 aliphatic heterocycles. The van der Waals surface area contributed by atoms with Gasteiger partial charge in [-0.25, -0.2) is 9.59 Å². The third-order valence-electron chi connectivity index (χ3n) is 1.41. The molecule has 0 saturated carbocycles. The topological polar surface area (TPSA) is 74.2 Å². The highest BCUT2D eigenvalue weighted by Gasteiger charge is 2.16. The molecule has 0 N–H and O–H groups in total. The molecule has 17 heavy (non-hydrogen) atoms. The van der Waals surface area contributed by atoms with E-state index in [0.717, 1.165) is 12.3 Å². The lowest BCUT2D eigenvalue weighted by Gasteiger charge is -2.12. The second-order valence-electron chi connectivity index (χ2n) is 4.05. The first kappa shape index (κ1) is 15.4. The molecule has 6 nitrogen and oxygen atoms in total. The summed E-state index contributed by atoms with van der Waals surface area (Å²) in [4.78, 5) is 22.3. The van der Waals surface area contributed by atoms with E-state index in [1.165, 1.54) is 14.2 Å². The predicted molar refractivity (Wildman–Crippen MR) is 65.0 cm³/mol. The fraction of sp³-hybridized carbons (Fsp3) is 0.500. The number of methoxy groups -OCH3 is 2. The molecule has 0 aliphatic rings. The van der Waals surface area contributed by atoms with Gasteiger partial charge in [0.2, 0.25) is 0 Å². The first-order valence-electron chi connectivity index (χ1n) is 4.89. The maximum absolute atomic E-state index is 11.3. The van der Waals surface area contributed by atoms with E-state index in [4.69, 9.17) is 4.53 Å². The highest BCUT2D eigenvalue weighted by atomic mass is 28.4.